The maximum absolute atomic E-state index is 13.6. The van der Waals surface area contributed by atoms with E-state index in [0.717, 1.165) is 48.3 Å². The second kappa shape index (κ2) is 7.15. The number of nitrogens with one attached hydrogen (secondary N) is 1. The van der Waals surface area contributed by atoms with E-state index in [1.54, 1.807) is 10.9 Å². The molecule has 3 heterocycles. The van der Waals surface area contributed by atoms with Crippen LogP contribution < -0.4 is 5.56 Å². The van der Waals surface area contributed by atoms with Crippen molar-refractivity contribution in [2.45, 2.75) is 48.8 Å². The number of benzene rings is 1. The Morgan fingerprint density at radius 2 is 1.97 bits per heavy atom. The largest absolute Gasteiger partial charge is 0.355 e. The summed E-state index contributed by atoms with van der Waals surface area (Å²) in [6.45, 7) is 2.24. The molecule has 0 atom stereocenters. The summed E-state index contributed by atoms with van der Waals surface area (Å²) in [6, 6.07) is 8.09. The Hall–Kier alpha value is -3.20. The number of hydrogen-bond donors (Lipinski definition) is 1. The highest BCUT2D eigenvalue weighted by atomic mass is 32.2. The molecule has 0 aliphatic heterocycles. The molecule has 1 aromatic carbocycles. The molecule has 0 spiro atoms. The molecule has 0 amide bonds. The number of aromatic amines is 1. The van der Waals surface area contributed by atoms with Crippen LogP contribution in [-0.4, -0.2) is 39.0 Å². The van der Waals surface area contributed by atoms with Crippen LogP contribution in [0.25, 0.3) is 16.6 Å². The SMILES string of the molecule is Cn1cnnc1[C@]1(c2cccc(-n3cc(C4CC4)c4c(S(C)(=O)=O)c[nH]c4c3=O)c2)C[C@H](C)C1. The number of sulfone groups is 1. The molecule has 2 saturated carbocycles. The van der Waals surface area contributed by atoms with E-state index in [9.17, 15) is 13.2 Å². The summed E-state index contributed by atoms with van der Waals surface area (Å²) >= 11 is 0. The molecule has 0 saturated heterocycles. The molecular weight excluding hydrogens is 450 g/mol. The second-order valence-electron chi connectivity index (χ2n) is 10.1. The first-order valence-corrected chi connectivity index (χ1v) is 13.5. The van der Waals surface area contributed by atoms with Crippen LogP contribution in [-0.2, 0) is 22.3 Å². The van der Waals surface area contributed by atoms with Crippen LogP contribution in [0.3, 0.4) is 0 Å². The average molecular weight is 478 g/mol. The maximum Gasteiger partial charge on any atom is 0.279 e. The molecule has 2 fully saturated rings. The van der Waals surface area contributed by atoms with Crippen molar-refractivity contribution in [2.24, 2.45) is 13.0 Å². The van der Waals surface area contributed by atoms with E-state index in [2.05, 4.69) is 34.2 Å². The van der Waals surface area contributed by atoms with Gasteiger partial charge in [-0.25, -0.2) is 8.42 Å². The Kier molecular flexibility index (Phi) is 4.49. The summed E-state index contributed by atoms with van der Waals surface area (Å²) in [7, 11) is -1.49. The molecule has 0 radical (unpaired) electrons. The van der Waals surface area contributed by atoms with Gasteiger partial charge in [-0.1, -0.05) is 19.1 Å². The zero-order valence-corrected chi connectivity index (χ0v) is 20.3. The predicted molar refractivity (Wildman–Crippen MR) is 129 cm³/mol. The topological polar surface area (TPSA) is 103 Å². The summed E-state index contributed by atoms with van der Waals surface area (Å²) in [6.07, 6.45) is 10.2. The van der Waals surface area contributed by atoms with Crippen molar-refractivity contribution >= 4 is 20.7 Å². The minimum atomic E-state index is -3.46. The molecule has 9 heteroatoms. The number of hydrogen-bond acceptors (Lipinski definition) is 5. The molecule has 0 unspecified atom stereocenters. The smallest absolute Gasteiger partial charge is 0.279 e. The van der Waals surface area contributed by atoms with Gasteiger partial charge in [-0.2, -0.15) is 0 Å². The first kappa shape index (κ1) is 21.3. The Morgan fingerprint density at radius 3 is 2.59 bits per heavy atom. The van der Waals surface area contributed by atoms with Crippen molar-refractivity contribution in [2.75, 3.05) is 6.26 Å². The van der Waals surface area contributed by atoms with Crippen LogP contribution in [0.2, 0.25) is 0 Å². The lowest BCUT2D eigenvalue weighted by molar-refractivity contribution is 0.185. The zero-order chi connectivity index (χ0) is 23.8. The Morgan fingerprint density at radius 1 is 1.21 bits per heavy atom. The van der Waals surface area contributed by atoms with Gasteiger partial charge in [0.05, 0.1) is 10.3 Å². The fraction of sp³-hybridized carbons (Fsp3) is 0.400. The molecule has 176 valence electrons. The van der Waals surface area contributed by atoms with Crippen molar-refractivity contribution in [1.29, 1.82) is 0 Å². The monoisotopic (exact) mass is 477 g/mol. The van der Waals surface area contributed by atoms with Crippen molar-refractivity contribution in [3.8, 4) is 5.69 Å². The lowest BCUT2D eigenvalue weighted by Gasteiger charge is -2.46. The predicted octanol–water partition coefficient (Wildman–Crippen LogP) is 3.44. The number of pyridine rings is 1. The maximum atomic E-state index is 13.6. The van der Waals surface area contributed by atoms with E-state index >= 15 is 0 Å². The molecular formula is C25H27N5O3S. The lowest BCUT2D eigenvalue weighted by Crippen LogP contribution is -2.43. The Bertz CT molecular complexity index is 1600. The quantitative estimate of drug-likeness (QED) is 0.474. The third-order valence-electron chi connectivity index (χ3n) is 7.46. The number of rotatable bonds is 5. The molecule has 8 nitrogen and oxygen atoms in total. The number of aromatic nitrogens is 5. The molecule has 6 rings (SSSR count). The zero-order valence-electron chi connectivity index (χ0n) is 19.4. The highest BCUT2D eigenvalue weighted by Crippen LogP contribution is 2.51. The van der Waals surface area contributed by atoms with Gasteiger partial charge >= 0.3 is 0 Å². The lowest BCUT2D eigenvalue weighted by atomic mass is 9.58. The van der Waals surface area contributed by atoms with Gasteiger partial charge in [0.25, 0.3) is 5.56 Å². The normalized spacial score (nSPS) is 22.7. The number of H-pyrrole nitrogens is 1. The molecule has 0 bridgehead atoms. The van der Waals surface area contributed by atoms with Gasteiger partial charge in [-0.3, -0.25) is 9.36 Å². The van der Waals surface area contributed by atoms with E-state index in [1.807, 2.05) is 29.9 Å². The fourth-order valence-corrected chi connectivity index (χ4v) is 6.64. The fourth-order valence-electron chi connectivity index (χ4n) is 5.78. The Labute approximate surface area is 197 Å². The van der Waals surface area contributed by atoms with Crippen LogP contribution >= 0.6 is 0 Å². The number of aryl methyl sites for hydroxylation is 1. The van der Waals surface area contributed by atoms with Crippen LogP contribution in [0.5, 0.6) is 0 Å². The minimum absolute atomic E-state index is 0.201. The summed E-state index contributed by atoms with van der Waals surface area (Å²) in [5.41, 5.74) is 2.66. The molecule has 2 aliphatic rings. The third kappa shape index (κ3) is 3.10. The van der Waals surface area contributed by atoms with E-state index in [-0.39, 0.29) is 21.8 Å². The molecule has 3 aromatic heterocycles. The van der Waals surface area contributed by atoms with E-state index in [4.69, 9.17) is 0 Å². The van der Waals surface area contributed by atoms with Crippen LogP contribution in [0.1, 0.15) is 55.5 Å². The summed E-state index contributed by atoms with van der Waals surface area (Å²) in [4.78, 5) is 16.7. The minimum Gasteiger partial charge on any atom is -0.355 e. The average Bonchev–Trinajstić information content (AvgIpc) is 3.35. The van der Waals surface area contributed by atoms with Crippen molar-refractivity contribution in [3.63, 3.8) is 0 Å². The highest BCUT2D eigenvalue weighted by molar-refractivity contribution is 7.91. The van der Waals surface area contributed by atoms with Crippen LogP contribution in [0.15, 0.2) is 52.7 Å². The molecule has 4 aromatic rings. The summed E-state index contributed by atoms with van der Waals surface area (Å²) < 4.78 is 28.4. The molecule has 1 N–H and O–H groups in total. The van der Waals surface area contributed by atoms with Gasteiger partial charge in [-0.15, -0.1) is 10.2 Å². The summed E-state index contributed by atoms with van der Waals surface area (Å²) in [5, 5.41) is 9.10. The number of nitrogens with zero attached hydrogens (tertiary/aromatic N) is 4. The first-order valence-electron chi connectivity index (χ1n) is 11.6. The van der Waals surface area contributed by atoms with Gasteiger partial charge in [0.1, 0.15) is 17.7 Å². The molecule has 34 heavy (non-hydrogen) atoms. The highest BCUT2D eigenvalue weighted by Gasteiger charge is 2.48. The van der Waals surface area contributed by atoms with Crippen LogP contribution in [0.4, 0.5) is 0 Å². The second-order valence-corrected chi connectivity index (χ2v) is 12.1. The van der Waals surface area contributed by atoms with Gasteiger partial charge in [0.15, 0.2) is 9.84 Å². The van der Waals surface area contributed by atoms with E-state index < -0.39 is 9.84 Å². The number of fused-ring (bicyclic) bond motifs is 1. The third-order valence-corrected chi connectivity index (χ3v) is 8.58. The molecule has 2 aliphatic carbocycles. The van der Waals surface area contributed by atoms with Crippen molar-refractivity contribution in [3.05, 3.63) is 70.3 Å². The van der Waals surface area contributed by atoms with Gasteiger partial charge < -0.3 is 9.55 Å². The standard InChI is InChI=1S/C25H27N5O3S/c1-15-10-25(11-15,24-28-27-14-29(24)2)17-5-4-6-18(9-17)30-13-19(16-7-8-16)21-20(34(3,32)33)12-26-22(21)23(30)31/h4-6,9,12-16,26H,7-8,10-11H2,1-3H3/t15-,25+. The van der Waals surface area contributed by atoms with E-state index in [0.29, 0.717) is 16.8 Å². The van der Waals surface area contributed by atoms with Gasteiger partial charge in [0, 0.05) is 36.8 Å². The van der Waals surface area contributed by atoms with Crippen LogP contribution in [0, 0.1) is 5.92 Å². The Balaban J connectivity index is 1.55. The van der Waals surface area contributed by atoms with Gasteiger partial charge in [0.2, 0.25) is 0 Å². The van der Waals surface area contributed by atoms with Gasteiger partial charge in [-0.05, 0) is 60.8 Å². The van der Waals surface area contributed by atoms with Crippen molar-refractivity contribution < 1.29 is 8.42 Å². The van der Waals surface area contributed by atoms with Crippen molar-refractivity contribution in [1.82, 2.24) is 24.3 Å². The summed E-state index contributed by atoms with van der Waals surface area (Å²) in [5.74, 6) is 1.78. The first-order chi connectivity index (χ1) is 16.2. The van der Waals surface area contributed by atoms with E-state index in [1.165, 1.54) is 12.5 Å².